The van der Waals surface area contributed by atoms with Gasteiger partial charge in [0.2, 0.25) is 11.6 Å². The van der Waals surface area contributed by atoms with E-state index in [2.05, 4.69) is 20.6 Å². The van der Waals surface area contributed by atoms with E-state index in [0.717, 1.165) is 25.7 Å². The van der Waals surface area contributed by atoms with Crippen molar-refractivity contribution in [2.45, 2.75) is 51.5 Å². The van der Waals surface area contributed by atoms with Crippen LogP contribution in [0.15, 0.2) is 30.6 Å². The molecule has 1 aromatic heterocycles. The van der Waals surface area contributed by atoms with Crippen LogP contribution in [0.25, 0.3) is 0 Å². The molecule has 0 radical (unpaired) electrons. The Balaban J connectivity index is 1.88. The van der Waals surface area contributed by atoms with Gasteiger partial charge in [-0.3, -0.25) is 14.9 Å². The molecular weight excluding hydrogens is 346 g/mol. The summed E-state index contributed by atoms with van der Waals surface area (Å²) in [6, 6.07) is 6.97. The number of rotatable bonds is 6. The minimum atomic E-state index is -0.476. The third-order valence-corrected chi connectivity index (χ3v) is 4.73. The van der Waals surface area contributed by atoms with Gasteiger partial charge >= 0.3 is 5.69 Å². The number of carbonyl (C=O) groups is 1. The van der Waals surface area contributed by atoms with Gasteiger partial charge in [-0.2, -0.15) is 0 Å². The fraction of sp³-hybridized carbons (Fsp3) is 0.421. The molecule has 0 atom stereocenters. The van der Waals surface area contributed by atoms with E-state index in [1.54, 1.807) is 24.3 Å². The molecule has 1 aliphatic carbocycles. The topological polar surface area (TPSA) is 110 Å². The van der Waals surface area contributed by atoms with Crippen molar-refractivity contribution in [3.8, 4) is 0 Å². The van der Waals surface area contributed by atoms with E-state index in [0.29, 0.717) is 11.3 Å². The number of anilines is 3. The van der Waals surface area contributed by atoms with Gasteiger partial charge in [-0.05, 0) is 31.9 Å². The highest BCUT2D eigenvalue weighted by Gasteiger charge is 2.25. The van der Waals surface area contributed by atoms with Crippen LogP contribution in [0, 0.1) is 10.1 Å². The highest BCUT2D eigenvalue weighted by molar-refractivity contribution is 5.95. The third-order valence-electron chi connectivity index (χ3n) is 4.73. The Labute approximate surface area is 157 Å². The molecule has 0 aliphatic heterocycles. The second-order valence-corrected chi connectivity index (χ2v) is 6.77. The van der Waals surface area contributed by atoms with Crippen LogP contribution in [0.5, 0.6) is 0 Å². The molecule has 0 amide bonds. The zero-order valence-corrected chi connectivity index (χ0v) is 15.3. The number of benzene rings is 1. The first-order valence-corrected chi connectivity index (χ1v) is 9.18. The van der Waals surface area contributed by atoms with Crippen LogP contribution in [0.2, 0.25) is 0 Å². The van der Waals surface area contributed by atoms with Crippen LogP contribution in [0.1, 0.15) is 55.8 Å². The SMILES string of the molecule is CC(=O)c1cccc(Nc2ncnc(NC3CCCCCC3)c2[N+](=O)[O-])c1. The maximum absolute atomic E-state index is 11.7. The van der Waals surface area contributed by atoms with Gasteiger partial charge in [-0.1, -0.05) is 37.8 Å². The molecule has 142 valence electrons. The van der Waals surface area contributed by atoms with E-state index in [1.807, 2.05) is 0 Å². The summed E-state index contributed by atoms with van der Waals surface area (Å²) in [4.78, 5) is 31.0. The van der Waals surface area contributed by atoms with E-state index < -0.39 is 4.92 Å². The number of carbonyl (C=O) groups excluding carboxylic acids is 1. The van der Waals surface area contributed by atoms with Crippen LogP contribution in [0.3, 0.4) is 0 Å². The molecule has 2 aromatic rings. The van der Waals surface area contributed by atoms with Gasteiger partial charge in [0.25, 0.3) is 0 Å². The number of ketones is 1. The summed E-state index contributed by atoms with van der Waals surface area (Å²) < 4.78 is 0. The van der Waals surface area contributed by atoms with Crippen LogP contribution in [0.4, 0.5) is 23.0 Å². The van der Waals surface area contributed by atoms with Crippen molar-refractivity contribution in [2.75, 3.05) is 10.6 Å². The van der Waals surface area contributed by atoms with E-state index in [9.17, 15) is 14.9 Å². The minimum absolute atomic E-state index is 0.0773. The van der Waals surface area contributed by atoms with Gasteiger partial charge in [-0.25, -0.2) is 9.97 Å². The number of Topliss-reactive ketones (excluding diaryl/α,β-unsaturated/α-hetero) is 1. The predicted molar refractivity (Wildman–Crippen MR) is 104 cm³/mol. The maximum atomic E-state index is 11.7. The molecule has 0 saturated heterocycles. The quantitative estimate of drug-likeness (QED) is 0.334. The average molecular weight is 369 g/mol. The molecule has 8 heteroatoms. The Morgan fingerprint density at radius 3 is 2.52 bits per heavy atom. The molecule has 0 bridgehead atoms. The first kappa shape index (κ1) is 18.8. The van der Waals surface area contributed by atoms with Crippen molar-refractivity contribution in [2.24, 2.45) is 0 Å². The number of nitrogens with zero attached hydrogens (tertiary/aromatic N) is 3. The average Bonchev–Trinajstić information content (AvgIpc) is 2.90. The van der Waals surface area contributed by atoms with Crippen molar-refractivity contribution < 1.29 is 9.72 Å². The summed E-state index contributed by atoms with van der Waals surface area (Å²) in [5, 5.41) is 17.9. The predicted octanol–water partition coefficient (Wildman–Crippen LogP) is 4.47. The number of nitrogens with one attached hydrogen (secondary N) is 2. The van der Waals surface area contributed by atoms with Crippen LogP contribution in [-0.2, 0) is 0 Å². The van der Waals surface area contributed by atoms with Gasteiger partial charge in [-0.15, -0.1) is 0 Å². The molecule has 0 unspecified atom stereocenters. The zero-order chi connectivity index (χ0) is 19.2. The Hall–Kier alpha value is -3.03. The molecule has 8 nitrogen and oxygen atoms in total. The van der Waals surface area contributed by atoms with Crippen molar-refractivity contribution in [3.05, 3.63) is 46.3 Å². The molecule has 1 saturated carbocycles. The van der Waals surface area contributed by atoms with Crippen LogP contribution >= 0.6 is 0 Å². The van der Waals surface area contributed by atoms with E-state index in [4.69, 9.17) is 0 Å². The Bertz CT molecular complexity index is 832. The van der Waals surface area contributed by atoms with Gasteiger partial charge in [0.1, 0.15) is 6.33 Å². The fourth-order valence-electron chi connectivity index (χ4n) is 3.32. The lowest BCUT2D eigenvalue weighted by Gasteiger charge is -2.17. The monoisotopic (exact) mass is 369 g/mol. The van der Waals surface area contributed by atoms with Crippen molar-refractivity contribution >= 4 is 28.8 Å². The van der Waals surface area contributed by atoms with Crippen molar-refractivity contribution in [1.29, 1.82) is 0 Å². The molecular formula is C19H23N5O3. The summed E-state index contributed by atoms with van der Waals surface area (Å²) in [7, 11) is 0. The lowest BCUT2D eigenvalue weighted by molar-refractivity contribution is -0.383. The highest BCUT2D eigenvalue weighted by atomic mass is 16.6. The molecule has 27 heavy (non-hydrogen) atoms. The molecule has 1 heterocycles. The number of hydrogen-bond donors (Lipinski definition) is 2. The van der Waals surface area contributed by atoms with Crippen LogP contribution < -0.4 is 10.6 Å². The van der Waals surface area contributed by atoms with Gasteiger partial charge in [0.15, 0.2) is 5.78 Å². The van der Waals surface area contributed by atoms with E-state index >= 15 is 0 Å². The number of aromatic nitrogens is 2. The number of nitro groups is 1. The van der Waals surface area contributed by atoms with E-state index in [-0.39, 0.29) is 29.1 Å². The Kier molecular flexibility index (Phi) is 5.95. The fourth-order valence-corrected chi connectivity index (χ4v) is 3.32. The smallest absolute Gasteiger partial charge is 0.353 e. The Morgan fingerprint density at radius 2 is 1.85 bits per heavy atom. The third kappa shape index (κ3) is 4.78. The van der Waals surface area contributed by atoms with Gasteiger partial charge < -0.3 is 10.6 Å². The van der Waals surface area contributed by atoms with Crippen molar-refractivity contribution in [1.82, 2.24) is 9.97 Å². The maximum Gasteiger partial charge on any atom is 0.353 e. The molecule has 2 N–H and O–H groups in total. The lowest BCUT2D eigenvalue weighted by Crippen LogP contribution is -2.20. The van der Waals surface area contributed by atoms with Gasteiger partial charge in [0, 0.05) is 17.3 Å². The lowest BCUT2D eigenvalue weighted by atomic mass is 10.1. The summed E-state index contributed by atoms with van der Waals surface area (Å²) >= 11 is 0. The molecule has 1 aromatic carbocycles. The zero-order valence-electron chi connectivity index (χ0n) is 15.3. The molecule has 3 rings (SSSR count). The van der Waals surface area contributed by atoms with Gasteiger partial charge in [0.05, 0.1) is 4.92 Å². The second-order valence-electron chi connectivity index (χ2n) is 6.77. The summed E-state index contributed by atoms with van der Waals surface area (Å²) in [6.07, 6.45) is 7.88. The minimum Gasteiger partial charge on any atom is -0.361 e. The largest absolute Gasteiger partial charge is 0.361 e. The highest BCUT2D eigenvalue weighted by Crippen LogP contribution is 2.33. The normalized spacial score (nSPS) is 15.0. The molecule has 0 spiro atoms. The number of hydrogen-bond acceptors (Lipinski definition) is 7. The molecule has 1 fully saturated rings. The van der Waals surface area contributed by atoms with E-state index in [1.165, 1.54) is 26.1 Å². The standard InChI is InChI=1S/C19H23N5O3/c1-13(25)14-7-6-10-16(11-14)23-19-17(24(26)27)18(20-12-21-19)22-15-8-4-2-3-5-9-15/h6-7,10-12,15H,2-5,8-9H2,1H3,(H2,20,21,22,23). The molecule has 1 aliphatic rings. The van der Waals surface area contributed by atoms with Crippen LogP contribution in [-0.4, -0.2) is 26.7 Å². The first-order chi connectivity index (χ1) is 13.0. The summed E-state index contributed by atoms with van der Waals surface area (Å²) in [5.41, 5.74) is 0.897. The summed E-state index contributed by atoms with van der Waals surface area (Å²) in [5.74, 6) is 0.255. The Morgan fingerprint density at radius 1 is 1.15 bits per heavy atom. The summed E-state index contributed by atoms with van der Waals surface area (Å²) in [6.45, 7) is 1.47. The first-order valence-electron chi connectivity index (χ1n) is 9.18. The van der Waals surface area contributed by atoms with Crippen molar-refractivity contribution in [3.63, 3.8) is 0 Å². The second kappa shape index (κ2) is 8.57.